The lowest BCUT2D eigenvalue weighted by molar-refractivity contribution is 0.0615. The number of benzene rings is 2. The number of methoxy groups -OCH3 is 1. The summed E-state index contributed by atoms with van der Waals surface area (Å²) in [6, 6.07) is 13.6. The molecule has 2 aromatic heterocycles. The standard InChI is InChI=1S/C33H42N6O4S/c1-20-19-44-29-27(20)28(34-22-10-8-9-21(17-22)33(5,6)42)36-30(37-29)35-23-11-12-25(26(18-23)43-7)38-15-13-24(14-16-38)39(31(40)41)32(2,3)4/h8-12,17-19,24,42H,13-16H2,1-7H3,(H,40,41)(H2,34,35,36,37). The van der Waals surface area contributed by atoms with Crippen LogP contribution in [0.4, 0.5) is 33.6 Å². The van der Waals surface area contributed by atoms with Crippen molar-refractivity contribution in [2.75, 3.05) is 35.7 Å². The van der Waals surface area contributed by atoms with E-state index in [0.29, 0.717) is 17.5 Å². The number of thiophene rings is 1. The lowest BCUT2D eigenvalue weighted by Gasteiger charge is -2.44. The Bertz CT molecular complexity index is 1650. The van der Waals surface area contributed by atoms with Gasteiger partial charge in [-0.1, -0.05) is 12.1 Å². The highest BCUT2D eigenvalue weighted by atomic mass is 32.1. The van der Waals surface area contributed by atoms with Gasteiger partial charge in [-0.2, -0.15) is 4.98 Å². The van der Waals surface area contributed by atoms with Gasteiger partial charge in [-0.05, 0) is 95.2 Å². The molecule has 5 rings (SSSR count). The number of aromatic nitrogens is 2. The summed E-state index contributed by atoms with van der Waals surface area (Å²) in [7, 11) is 1.65. The molecule has 1 aliphatic rings. The number of anilines is 5. The number of hydrogen-bond acceptors (Lipinski definition) is 9. The van der Waals surface area contributed by atoms with Crippen LogP contribution in [0, 0.1) is 6.92 Å². The van der Waals surface area contributed by atoms with Gasteiger partial charge in [0.2, 0.25) is 5.95 Å². The van der Waals surface area contributed by atoms with Crippen molar-refractivity contribution in [3.63, 3.8) is 0 Å². The number of fused-ring (bicyclic) bond motifs is 1. The van der Waals surface area contributed by atoms with Gasteiger partial charge in [-0.3, -0.25) is 0 Å². The maximum Gasteiger partial charge on any atom is 0.407 e. The highest BCUT2D eigenvalue weighted by molar-refractivity contribution is 7.17. The summed E-state index contributed by atoms with van der Waals surface area (Å²) < 4.78 is 5.80. The molecule has 0 aliphatic carbocycles. The molecule has 1 saturated heterocycles. The minimum Gasteiger partial charge on any atom is -0.495 e. The van der Waals surface area contributed by atoms with Crippen molar-refractivity contribution < 1.29 is 19.7 Å². The van der Waals surface area contributed by atoms with Crippen molar-refractivity contribution >= 4 is 56.5 Å². The first kappa shape index (κ1) is 31.3. The Hall–Kier alpha value is -4.09. The van der Waals surface area contributed by atoms with E-state index in [-0.39, 0.29) is 6.04 Å². The summed E-state index contributed by atoms with van der Waals surface area (Å²) in [6.45, 7) is 12.9. The molecule has 2 aromatic carbocycles. The van der Waals surface area contributed by atoms with Gasteiger partial charge in [0.1, 0.15) is 16.4 Å². The second-order valence-corrected chi connectivity index (χ2v) is 13.7. The Morgan fingerprint density at radius 3 is 2.39 bits per heavy atom. The van der Waals surface area contributed by atoms with E-state index in [9.17, 15) is 15.0 Å². The molecule has 1 amide bonds. The predicted molar refractivity (Wildman–Crippen MR) is 178 cm³/mol. The first-order valence-electron chi connectivity index (χ1n) is 14.8. The first-order valence-corrected chi connectivity index (χ1v) is 15.7. The van der Waals surface area contributed by atoms with E-state index < -0.39 is 17.2 Å². The average molecular weight is 619 g/mol. The molecule has 11 heteroatoms. The average Bonchev–Trinajstić information content (AvgIpc) is 3.32. The number of piperidine rings is 1. The zero-order valence-electron chi connectivity index (χ0n) is 26.4. The SMILES string of the molecule is COc1cc(Nc2nc(Nc3cccc(C(C)(C)O)c3)c3c(C)csc3n2)ccc1N1CCC(N(C(=O)O)C(C)(C)C)CC1. The number of aryl methyl sites for hydroxylation is 1. The Balaban J connectivity index is 1.36. The molecule has 10 nitrogen and oxygen atoms in total. The van der Waals surface area contributed by atoms with E-state index in [1.807, 2.05) is 70.2 Å². The third-order valence-corrected chi connectivity index (χ3v) is 8.97. The van der Waals surface area contributed by atoms with Crippen LogP contribution < -0.4 is 20.3 Å². The number of carboxylic acid groups (broad SMARTS) is 1. The molecule has 0 unspecified atom stereocenters. The zero-order valence-corrected chi connectivity index (χ0v) is 27.2. The van der Waals surface area contributed by atoms with Gasteiger partial charge in [0.05, 0.1) is 23.8 Å². The van der Waals surface area contributed by atoms with Gasteiger partial charge in [-0.25, -0.2) is 9.78 Å². The van der Waals surface area contributed by atoms with Gasteiger partial charge in [0.25, 0.3) is 0 Å². The van der Waals surface area contributed by atoms with Crippen LogP contribution in [-0.2, 0) is 5.60 Å². The van der Waals surface area contributed by atoms with Crippen LogP contribution in [0.25, 0.3) is 10.2 Å². The van der Waals surface area contributed by atoms with Gasteiger partial charge in [-0.15, -0.1) is 11.3 Å². The maximum atomic E-state index is 12.0. The largest absolute Gasteiger partial charge is 0.495 e. The topological polar surface area (TPSA) is 123 Å². The molecule has 0 spiro atoms. The second kappa shape index (κ2) is 12.1. The maximum absolute atomic E-state index is 12.0. The van der Waals surface area contributed by atoms with E-state index in [1.165, 1.54) is 0 Å². The van der Waals surface area contributed by atoms with Crippen LogP contribution in [0.3, 0.4) is 0 Å². The number of amides is 1. The molecule has 4 N–H and O–H groups in total. The summed E-state index contributed by atoms with van der Waals surface area (Å²) >= 11 is 1.56. The van der Waals surface area contributed by atoms with Gasteiger partial charge < -0.3 is 35.4 Å². The van der Waals surface area contributed by atoms with E-state index in [1.54, 1.807) is 37.2 Å². The Morgan fingerprint density at radius 2 is 1.75 bits per heavy atom. The van der Waals surface area contributed by atoms with Crippen LogP contribution >= 0.6 is 11.3 Å². The molecule has 1 aliphatic heterocycles. The fourth-order valence-electron chi connectivity index (χ4n) is 5.85. The van der Waals surface area contributed by atoms with Gasteiger partial charge in [0, 0.05) is 42.1 Å². The van der Waals surface area contributed by atoms with Crippen LogP contribution in [0.15, 0.2) is 47.8 Å². The summed E-state index contributed by atoms with van der Waals surface area (Å²) in [5.41, 5.74) is 3.05. The molecular formula is C33H42N6O4S. The molecule has 1 fully saturated rings. The van der Waals surface area contributed by atoms with Crippen LogP contribution in [0.1, 0.15) is 58.6 Å². The number of hydrogen-bond donors (Lipinski definition) is 4. The van der Waals surface area contributed by atoms with E-state index >= 15 is 0 Å². The Labute approximate surface area is 262 Å². The van der Waals surface area contributed by atoms with Gasteiger partial charge >= 0.3 is 6.09 Å². The molecule has 3 heterocycles. The van der Waals surface area contributed by atoms with Crippen molar-refractivity contribution in [3.8, 4) is 5.75 Å². The fourth-order valence-corrected chi connectivity index (χ4v) is 6.77. The molecule has 234 valence electrons. The van der Waals surface area contributed by atoms with Crippen molar-refractivity contribution in [1.82, 2.24) is 14.9 Å². The fraction of sp³-hybridized carbons (Fsp3) is 0.424. The van der Waals surface area contributed by atoms with Crippen molar-refractivity contribution in [2.24, 2.45) is 0 Å². The van der Waals surface area contributed by atoms with Crippen LogP contribution in [0.2, 0.25) is 0 Å². The smallest absolute Gasteiger partial charge is 0.407 e. The zero-order chi connectivity index (χ0) is 31.8. The van der Waals surface area contributed by atoms with E-state index in [2.05, 4.69) is 20.9 Å². The minimum absolute atomic E-state index is 0.0240. The van der Waals surface area contributed by atoms with Crippen molar-refractivity contribution in [1.29, 1.82) is 0 Å². The van der Waals surface area contributed by atoms with E-state index in [4.69, 9.17) is 14.7 Å². The molecule has 0 bridgehead atoms. The molecule has 44 heavy (non-hydrogen) atoms. The molecule has 0 atom stereocenters. The number of nitrogens with zero attached hydrogens (tertiary/aromatic N) is 4. The van der Waals surface area contributed by atoms with Crippen molar-refractivity contribution in [2.45, 2.75) is 71.6 Å². The summed E-state index contributed by atoms with van der Waals surface area (Å²) in [4.78, 5) is 26.3. The van der Waals surface area contributed by atoms with E-state index in [0.717, 1.165) is 64.3 Å². The van der Waals surface area contributed by atoms with Crippen LogP contribution in [0.5, 0.6) is 5.75 Å². The number of nitrogens with one attached hydrogen (secondary N) is 2. The van der Waals surface area contributed by atoms with Crippen molar-refractivity contribution in [3.05, 3.63) is 59.0 Å². The highest BCUT2D eigenvalue weighted by Crippen LogP contribution is 2.37. The number of rotatable bonds is 8. The number of ether oxygens (including phenoxy) is 1. The molecule has 0 radical (unpaired) electrons. The Kier molecular flexibility index (Phi) is 8.64. The first-order chi connectivity index (χ1) is 20.7. The third kappa shape index (κ3) is 6.68. The number of aliphatic hydroxyl groups is 1. The number of carbonyl (C=O) groups is 1. The highest BCUT2D eigenvalue weighted by Gasteiger charge is 2.35. The lowest BCUT2D eigenvalue weighted by atomic mass is 9.96. The Morgan fingerprint density at radius 1 is 1.05 bits per heavy atom. The molecular weight excluding hydrogens is 576 g/mol. The molecule has 4 aromatic rings. The second-order valence-electron chi connectivity index (χ2n) is 12.8. The third-order valence-electron chi connectivity index (χ3n) is 7.98. The summed E-state index contributed by atoms with van der Waals surface area (Å²) in [6.07, 6.45) is 0.618. The predicted octanol–water partition coefficient (Wildman–Crippen LogP) is 7.47. The minimum atomic E-state index is -0.962. The molecule has 0 saturated carbocycles. The lowest BCUT2D eigenvalue weighted by Crippen LogP contribution is -2.54. The monoisotopic (exact) mass is 618 g/mol. The van der Waals surface area contributed by atoms with Gasteiger partial charge in [0.15, 0.2) is 0 Å². The summed E-state index contributed by atoms with van der Waals surface area (Å²) in [5.74, 6) is 1.85. The quantitative estimate of drug-likeness (QED) is 0.159. The van der Waals surface area contributed by atoms with Crippen LogP contribution in [-0.4, -0.2) is 63.0 Å². The normalized spacial score (nSPS) is 14.5. The summed E-state index contributed by atoms with van der Waals surface area (Å²) in [5, 5.41) is 30.2.